The normalized spacial score (nSPS) is 48.6. The van der Waals surface area contributed by atoms with Crippen molar-refractivity contribution in [2.24, 2.45) is 0 Å². The summed E-state index contributed by atoms with van der Waals surface area (Å²) in [5.74, 6) is -2.30. The van der Waals surface area contributed by atoms with Gasteiger partial charge in [-0.05, 0) is 13.0 Å². The highest BCUT2D eigenvalue weighted by Crippen LogP contribution is 2.31. The summed E-state index contributed by atoms with van der Waals surface area (Å²) in [5.41, 5.74) is 0. The minimum Gasteiger partial charge on any atom is -0.475 e. The van der Waals surface area contributed by atoms with Crippen LogP contribution in [0.3, 0.4) is 0 Å². The van der Waals surface area contributed by atoms with Crippen molar-refractivity contribution in [3.8, 4) is 0 Å². The van der Waals surface area contributed by atoms with Gasteiger partial charge in [0, 0.05) is 0 Å². The molecule has 0 saturated carbocycles. The number of rotatable bonds is 6. The molecule has 2 saturated heterocycles. The van der Waals surface area contributed by atoms with Crippen molar-refractivity contribution in [3.63, 3.8) is 0 Å². The molecule has 13 atom stereocenters. The highest BCUT2D eigenvalue weighted by Gasteiger charge is 2.51. The topological polar surface area (TPSA) is 245 Å². The fourth-order valence-corrected chi connectivity index (χ4v) is 3.72. The van der Waals surface area contributed by atoms with Crippen LogP contribution in [-0.2, 0) is 28.5 Å². The standard InChI is InChI=1S/C18H28O15/c1-4-13(32-18-11(24)10(23)9(22)7(3-19)31-18)12(25)14(16(28)29-4)33-17-8(21)5(20)2-6(30-17)15(26)27/h2,4-5,7-14,16-25,28H,3H2,1H3,(H,26,27)/t4-,5-,7+,8+,9-,10-,11+,12+,13-,14+,16+,17-,18-/m0/s1. The molecule has 3 rings (SSSR count). The summed E-state index contributed by atoms with van der Waals surface area (Å²) in [5, 5.41) is 89.2. The van der Waals surface area contributed by atoms with Crippen molar-refractivity contribution in [1.29, 1.82) is 0 Å². The Balaban J connectivity index is 1.74. The van der Waals surface area contributed by atoms with E-state index in [1.54, 1.807) is 0 Å². The molecule has 0 aromatic carbocycles. The lowest BCUT2D eigenvalue weighted by Crippen LogP contribution is -2.64. The smallest absolute Gasteiger partial charge is 0.371 e. The van der Waals surface area contributed by atoms with Crippen LogP contribution >= 0.6 is 0 Å². The first-order chi connectivity index (χ1) is 15.5. The van der Waals surface area contributed by atoms with Crippen LogP contribution in [0.4, 0.5) is 0 Å². The summed E-state index contributed by atoms with van der Waals surface area (Å²) in [4.78, 5) is 11.1. The lowest BCUT2D eigenvalue weighted by molar-refractivity contribution is -0.367. The zero-order valence-electron chi connectivity index (χ0n) is 17.3. The largest absolute Gasteiger partial charge is 0.475 e. The van der Waals surface area contributed by atoms with E-state index >= 15 is 0 Å². The lowest BCUT2D eigenvalue weighted by Gasteiger charge is -2.46. The summed E-state index contributed by atoms with van der Waals surface area (Å²) in [6.45, 7) is 0.672. The Morgan fingerprint density at radius 3 is 2.12 bits per heavy atom. The van der Waals surface area contributed by atoms with Crippen LogP contribution < -0.4 is 0 Å². The Bertz CT molecular complexity index is 715. The molecule has 0 aromatic heterocycles. The van der Waals surface area contributed by atoms with Gasteiger partial charge in [0.15, 0.2) is 12.6 Å². The first-order valence-corrected chi connectivity index (χ1v) is 10.1. The third-order valence-electron chi connectivity index (χ3n) is 5.61. The zero-order valence-corrected chi connectivity index (χ0v) is 17.3. The lowest BCUT2D eigenvalue weighted by atomic mass is 9.97. The molecular formula is C18H28O15. The van der Waals surface area contributed by atoms with Gasteiger partial charge in [-0.25, -0.2) is 4.79 Å². The molecule has 15 heteroatoms. The fourth-order valence-electron chi connectivity index (χ4n) is 3.72. The maximum absolute atomic E-state index is 11.1. The number of hydrogen-bond acceptors (Lipinski definition) is 14. The fraction of sp³-hybridized carbons (Fsp3) is 0.833. The van der Waals surface area contributed by atoms with Gasteiger partial charge in [0.25, 0.3) is 0 Å². The Labute approximate surface area is 186 Å². The van der Waals surface area contributed by atoms with Crippen molar-refractivity contribution >= 4 is 5.97 Å². The molecule has 0 radical (unpaired) electrons. The molecule has 0 aliphatic carbocycles. The number of ether oxygens (including phenoxy) is 5. The minimum atomic E-state index is -1.82. The molecule has 15 nitrogen and oxygen atoms in total. The molecule has 3 heterocycles. The quantitative estimate of drug-likeness (QED) is 0.171. The predicted molar refractivity (Wildman–Crippen MR) is 98.7 cm³/mol. The monoisotopic (exact) mass is 484 g/mol. The second-order valence-corrected chi connectivity index (χ2v) is 7.92. The second kappa shape index (κ2) is 10.4. The van der Waals surface area contributed by atoms with Crippen molar-refractivity contribution in [1.82, 2.24) is 0 Å². The summed E-state index contributed by atoms with van der Waals surface area (Å²) < 4.78 is 26.3. The zero-order chi connectivity index (χ0) is 24.6. The summed E-state index contributed by atoms with van der Waals surface area (Å²) in [6.07, 6.45) is -20.3. The molecule has 0 amide bonds. The van der Waals surface area contributed by atoms with Gasteiger partial charge in [0.05, 0.1) is 12.7 Å². The van der Waals surface area contributed by atoms with Crippen LogP contribution in [0.5, 0.6) is 0 Å². The van der Waals surface area contributed by atoms with Gasteiger partial charge in [-0.15, -0.1) is 0 Å². The van der Waals surface area contributed by atoms with Gasteiger partial charge in [0.2, 0.25) is 12.0 Å². The molecule has 0 aromatic rings. The second-order valence-electron chi connectivity index (χ2n) is 7.92. The number of aliphatic hydroxyl groups excluding tert-OH is 8. The summed E-state index contributed by atoms with van der Waals surface area (Å²) in [6, 6.07) is 0. The van der Waals surface area contributed by atoms with E-state index < -0.39 is 98.2 Å². The summed E-state index contributed by atoms with van der Waals surface area (Å²) >= 11 is 0. The van der Waals surface area contributed by atoms with Crippen molar-refractivity contribution in [3.05, 3.63) is 11.8 Å². The van der Waals surface area contributed by atoms with Gasteiger partial charge in [-0.2, -0.15) is 0 Å². The molecule has 2 fully saturated rings. The van der Waals surface area contributed by atoms with E-state index in [0.717, 1.165) is 6.08 Å². The predicted octanol–water partition coefficient (Wildman–Crippen LogP) is -5.30. The Kier molecular flexibility index (Phi) is 8.26. The molecule has 33 heavy (non-hydrogen) atoms. The van der Waals surface area contributed by atoms with Crippen LogP contribution in [0.2, 0.25) is 0 Å². The van der Waals surface area contributed by atoms with E-state index in [1.165, 1.54) is 6.92 Å². The molecule has 3 aliphatic rings. The maximum Gasteiger partial charge on any atom is 0.371 e. The number of carboxylic acid groups (broad SMARTS) is 1. The van der Waals surface area contributed by atoms with E-state index in [9.17, 15) is 45.6 Å². The third-order valence-corrected chi connectivity index (χ3v) is 5.61. The third kappa shape index (κ3) is 5.29. The van der Waals surface area contributed by atoms with E-state index in [4.69, 9.17) is 28.8 Å². The first-order valence-electron chi connectivity index (χ1n) is 10.1. The van der Waals surface area contributed by atoms with Crippen LogP contribution in [0, 0.1) is 0 Å². The van der Waals surface area contributed by atoms with E-state index in [0.29, 0.717) is 0 Å². The Morgan fingerprint density at radius 1 is 0.879 bits per heavy atom. The molecule has 3 aliphatic heterocycles. The molecule has 0 spiro atoms. The van der Waals surface area contributed by atoms with Crippen molar-refractivity contribution < 1.29 is 74.4 Å². The van der Waals surface area contributed by atoms with Crippen molar-refractivity contribution in [2.45, 2.75) is 86.8 Å². The van der Waals surface area contributed by atoms with E-state index in [-0.39, 0.29) is 0 Å². The van der Waals surface area contributed by atoms with E-state index in [2.05, 4.69) is 0 Å². The molecule has 190 valence electrons. The first kappa shape index (κ1) is 26.1. The van der Waals surface area contributed by atoms with Gasteiger partial charge in [0.1, 0.15) is 54.9 Å². The summed E-state index contributed by atoms with van der Waals surface area (Å²) in [7, 11) is 0. The number of aliphatic carboxylic acids is 1. The molecular weight excluding hydrogens is 456 g/mol. The van der Waals surface area contributed by atoms with Crippen LogP contribution in [0.15, 0.2) is 11.8 Å². The average molecular weight is 484 g/mol. The minimum absolute atomic E-state index is 0.715. The number of carbonyl (C=O) groups is 1. The molecule has 9 N–H and O–H groups in total. The van der Waals surface area contributed by atoms with Gasteiger partial charge in [-0.1, -0.05) is 0 Å². The number of carboxylic acids is 1. The highest BCUT2D eigenvalue weighted by molar-refractivity contribution is 5.84. The van der Waals surface area contributed by atoms with Crippen LogP contribution in [0.25, 0.3) is 0 Å². The number of aliphatic hydroxyl groups is 8. The Morgan fingerprint density at radius 2 is 1.52 bits per heavy atom. The molecule has 0 unspecified atom stereocenters. The van der Waals surface area contributed by atoms with E-state index in [1.807, 2.05) is 0 Å². The van der Waals surface area contributed by atoms with Gasteiger partial charge in [-0.3, -0.25) is 0 Å². The number of hydrogen-bond donors (Lipinski definition) is 9. The highest BCUT2D eigenvalue weighted by atomic mass is 16.7. The maximum atomic E-state index is 11.1. The molecule has 0 bridgehead atoms. The van der Waals surface area contributed by atoms with Crippen LogP contribution in [0.1, 0.15) is 6.92 Å². The SMILES string of the molecule is C[C@@H]1O[C@@H](O)[C@H](O[C@@H]2OC(C(=O)O)=C[C@H](O)[C@H]2O)[C@H](O)[C@H]1O[C@@H]1O[C@H](CO)[C@H](O)[C@H](O)[C@H]1O. The van der Waals surface area contributed by atoms with Gasteiger partial charge >= 0.3 is 5.97 Å². The van der Waals surface area contributed by atoms with Gasteiger partial charge < -0.3 is 69.6 Å². The van der Waals surface area contributed by atoms with Crippen LogP contribution in [-0.4, -0.2) is 138 Å². The van der Waals surface area contributed by atoms with Crippen molar-refractivity contribution in [2.75, 3.05) is 6.61 Å². The average Bonchev–Trinajstić information content (AvgIpc) is 2.76. The Hall–Kier alpha value is -1.47.